The minimum atomic E-state index is -4.25. The summed E-state index contributed by atoms with van der Waals surface area (Å²) in [6.07, 6.45) is 7.96. The number of nitrogens with two attached hydrogens (primary N) is 1. The number of rotatable bonds is 11. The SMILES string of the molecule is CC1(COc2ccc3c(c2)ncn3-c2ccc3cccc(N4CCC(N)CC4)c3n2)COC1.CC1(COc2ccc3c(c2)ncn3-c2ccc3cccc(N4CCC([NH3+])CC4)c3n2)COC1.O=S(=O)([O-])c1ccccc1. The van der Waals surface area contributed by atoms with Crippen molar-refractivity contribution < 1.29 is 37.7 Å². The molecule has 76 heavy (non-hydrogen) atoms. The van der Waals surface area contributed by atoms with Crippen molar-refractivity contribution in [2.24, 2.45) is 16.6 Å². The molecule has 18 heteroatoms. The molecule has 4 aliphatic rings. The molecule has 4 saturated heterocycles. The summed E-state index contributed by atoms with van der Waals surface area (Å²) in [5.74, 6) is 3.40. The average Bonchev–Trinajstić information content (AvgIpc) is 4.06. The second kappa shape index (κ2) is 21.4. The number of hydrogen-bond acceptors (Lipinski definition) is 14. The van der Waals surface area contributed by atoms with Crippen LogP contribution >= 0.6 is 0 Å². The first-order valence-electron chi connectivity index (χ1n) is 26.0. The van der Waals surface area contributed by atoms with E-state index in [1.807, 2.05) is 41.5 Å². The number of para-hydroxylation sites is 2. The van der Waals surface area contributed by atoms with Gasteiger partial charge in [-0.1, -0.05) is 56.3 Å². The first kappa shape index (κ1) is 50.9. The third kappa shape index (κ3) is 11.2. The van der Waals surface area contributed by atoms with E-state index in [1.165, 1.54) is 35.6 Å². The van der Waals surface area contributed by atoms with Gasteiger partial charge in [0, 0.05) is 78.8 Å². The summed E-state index contributed by atoms with van der Waals surface area (Å²) < 4.78 is 57.6. The lowest BCUT2D eigenvalue weighted by atomic mass is 9.90. The van der Waals surface area contributed by atoms with E-state index in [4.69, 9.17) is 34.6 Å². The number of nitrogens with zero attached hydrogens (tertiary/aromatic N) is 8. The van der Waals surface area contributed by atoms with E-state index in [2.05, 4.69) is 117 Å². The van der Waals surface area contributed by atoms with Crippen LogP contribution in [0.5, 0.6) is 11.5 Å². The van der Waals surface area contributed by atoms with Crippen LogP contribution in [0.3, 0.4) is 0 Å². The largest absolute Gasteiger partial charge is 0.744 e. The molecule has 0 radical (unpaired) electrons. The molecule has 394 valence electrons. The van der Waals surface area contributed by atoms with Gasteiger partial charge < -0.3 is 44.8 Å². The van der Waals surface area contributed by atoms with Gasteiger partial charge in [-0.2, -0.15) is 0 Å². The monoisotopic (exact) mass is 1040 g/mol. The Morgan fingerprint density at radius 3 is 1.50 bits per heavy atom. The Balaban J connectivity index is 0.000000138. The number of fused-ring (bicyclic) bond motifs is 4. The predicted octanol–water partition coefficient (Wildman–Crippen LogP) is 7.71. The molecule has 5 aromatic carbocycles. The number of imidazole rings is 2. The molecule has 4 aliphatic heterocycles. The first-order valence-corrected chi connectivity index (χ1v) is 27.4. The molecule has 0 spiro atoms. The Bertz CT molecular complexity index is 3400. The van der Waals surface area contributed by atoms with Crippen LogP contribution < -0.4 is 30.7 Å². The van der Waals surface area contributed by atoms with Crippen LogP contribution in [0.15, 0.2) is 145 Å². The fraction of sp³-hybridized carbons (Fsp3) is 0.345. The Kier molecular flexibility index (Phi) is 14.4. The summed E-state index contributed by atoms with van der Waals surface area (Å²) in [6.45, 7) is 12.7. The van der Waals surface area contributed by atoms with Gasteiger partial charge >= 0.3 is 0 Å². The van der Waals surface area contributed by atoms with Gasteiger partial charge in [0.05, 0.1) is 95.1 Å². The van der Waals surface area contributed by atoms with Gasteiger partial charge in [-0.15, -0.1) is 0 Å². The van der Waals surface area contributed by atoms with Crippen LogP contribution in [-0.2, 0) is 19.6 Å². The number of pyridine rings is 2. The van der Waals surface area contributed by atoms with Crippen LogP contribution in [0.4, 0.5) is 11.4 Å². The number of piperidine rings is 2. The molecule has 9 aromatic rings. The predicted molar refractivity (Wildman–Crippen MR) is 294 cm³/mol. The third-order valence-electron chi connectivity index (χ3n) is 14.7. The Morgan fingerprint density at radius 1 is 0.618 bits per heavy atom. The number of aromatic nitrogens is 6. The average molecular weight is 1050 g/mol. The van der Waals surface area contributed by atoms with Gasteiger partial charge in [0.2, 0.25) is 0 Å². The van der Waals surface area contributed by atoms with Crippen molar-refractivity contribution in [2.45, 2.75) is 56.5 Å². The van der Waals surface area contributed by atoms with Crippen molar-refractivity contribution in [3.8, 4) is 23.1 Å². The molecule has 0 aliphatic carbocycles. The number of anilines is 2. The minimum Gasteiger partial charge on any atom is -0.744 e. The second-order valence-electron chi connectivity index (χ2n) is 21.3. The zero-order valence-electron chi connectivity index (χ0n) is 43.0. The molecule has 4 fully saturated rings. The van der Waals surface area contributed by atoms with Crippen LogP contribution in [0.2, 0.25) is 0 Å². The summed E-state index contributed by atoms with van der Waals surface area (Å²) in [5, 5.41) is 2.29. The van der Waals surface area contributed by atoms with Crippen LogP contribution in [0.1, 0.15) is 39.5 Å². The zero-order valence-corrected chi connectivity index (χ0v) is 43.8. The topological polar surface area (TPSA) is 216 Å². The van der Waals surface area contributed by atoms with Gasteiger partial charge in [-0.3, -0.25) is 9.13 Å². The fourth-order valence-electron chi connectivity index (χ4n) is 10.0. The summed E-state index contributed by atoms with van der Waals surface area (Å²) in [6, 6.07) is 41.4. The fourth-order valence-corrected chi connectivity index (χ4v) is 10.5. The highest BCUT2D eigenvalue weighted by molar-refractivity contribution is 7.85. The van der Waals surface area contributed by atoms with Crippen molar-refractivity contribution in [2.75, 3.05) is 75.6 Å². The maximum atomic E-state index is 10.3. The summed E-state index contributed by atoms with van der Waals surface area (Å²) >= 11 is 0. The number of hydrogen-bond donors (Lipinski definition) is 2. The number of quaternary nitrogens is 1. The van der Waals surface area contributed by atoms with Gasteiger partial charge in [0.1, 0.15) is 45.9 Å². The smallest absolute Gasteiger partial charge is 0.139 e. The Hall–Kier alpha value is -7.19. The lowest BCUT2D eigenvalue weighted by molar-refractivity contribution is -0.423. The van der Waals surface area contributed by atoms with E-state index in [-0.39, 0.29) is 15.7 Å². The Morgan fingerprint density at radius 2 is 1.08 bits per heavy atom. The molecule has 13 rings (SSSR count). The summed E-state index contributed by atoms with van der Waals surface area (Å²) in [5.41, 5.74) is 18.8. The zero-order chi connectivity index (χ0) is 52.4. The normalized spacial score (nSPS) is 17.6. The van der Waals surface area contributed by atoms with Gasteiger partial charge in [0.25, 0.3) is 0 Å². The molecule has 17 nitrogen and oxygen atoms in total. The maximum Gasteiger partial charge on any atom is 0.139 e. The third-order valence-corrected chi connectivity index (χ3v) is 15.6. The second-order valence-corrected chi connectivity index (χ2v) is 22.7. The molecule has 4 aromatic heterocycles. The summed E-state index contributed by atoms with van der Waals surface area (Å²) in [7, 11) is -4.25. The van der Waals surface area contributed by atoms with Gasteiger partial charge in [0.15, 0.2) is 0 Å². The molecule has 8 heterocycles. The van der Waals surface area contributed by atoms with E-state index in [9.17, 15) is 13.0 Å². The molecular formula is C58H64N10O7S. The lowest BCUT2D eigenvalue weighted by Gasteiger charge is -2.37. The standard InChI is InChI=1S/2C26H29N5O2.C6H6O3S/c2*1-26(14-32-15-26)16-33-20-6-7-22-21(13-20)28-17-31(22)24-8-5-18-3-2-4-23(25(18)29-24)30-11-9-19(27)10-12-30;7-10(8,9)6-4-2-1-3-5-6/h2*2-8,13,17,19H,9-12,14-16,27H2,1H3;1-5H,(H,7,8,9). The van der Waals surface area contributed by atoms with Gasteiger partial charge in [-0.25, -0.2) is 28.4 Å². The molecule has 0 bridgehead atoms. The highest BCUT2D eigenvalue weighted by Gasteiger charge is 2.35. The van der Waals surface area contributed by atoms with Crippen molar-refractivity contribution in [1.82, 2.24) is 29.1 Å². The molecule has 0 saturated carbocycles. The molecular weight excluding hydrogens is 981 g/mol. The van der Waals surface area contributed by atoms with Gasteiger partial charge in [-0.05, 0) is 85.6 Å². The molecule has 5 N–H and O–H groups in total. The van der Waals surface area contributed by atoms with Crippen molar-refractivity contribution in [3.05, 3.63) is 140 Å². The van der Waals surface area contributed by atoms with E-state index < -0.39 is 10.1 Å². The number of ether oxygens (including phenoxy) is 4. The van der Waals surface area contributed by atoms with E-state index >= 15 is 0 Å². The van der Waals surface area contributed by atoms with Crippen molar-refractivity contribution >= 4 is 65.4 Å². The Labute approximate surface area is 442 Å². The maximum absolute atomic E-state index is 10.3. The van der Waals surface area contributed by atoms with Crippen molar-refractivity contribution in [3.63, 3.8) is 0 Å². The van der Waals surface area contributed by atoms with E-state index in [1.54, 1.807) is 6.07 Å². The van der Waals surface area contributed by atoms with Crippen LogP contribution in [0, 0.1) is 10.8 Å². The molecule has 0 amide bonds. The van der Waals surface area contributed by atoms with Crippen LogP contribution in [0.25, 0.3) is 55.5 Å². The highest BCUT2D eigenvalue weighted by atomic mass is 32.2. The molecule has 0 atom stereocenters. The summed E-state index contributed by atoms with van der Waals surface area (Å²) in [4.78, 5) is 24.1. The lowest BCUT2D eigenvalue weighted by Crippen LogP contribution is -2.64. The van der Waals surface area contributed by atoms with E-state index in [0.29, 0.717) is 25.3 Å². The highest BCUT2D eigenvalue weighted by Crippen LogP contribution is 2.34. The first-order chi connectivity index (χ1) is 36.8. The number of benzene rings is 5. The minimum absolute atomic E-state index is 0.112. The van der Waals surface area contributed by atoms with E-state index in [0.717, 1.165) is 145 Å². The molecule has 0 unspecified atom stereocenters. The van der Waals surface area contributed by atoms with Crippen molar-refractivity contribution in [1.29, 1.82) is 0 Å². The quantitative estimate of drug-likeness (QED) is 0.119. The van der Waals surface area contributed by atoms with Crippen LogP contribution in [-0.4, -0.2) is 120 Å².